The van der Waals surface area contributed by atoms with E-state index in [1.54, 1.807) is 24.3 Å². The number of carbonyl (C=O) groups excluding carboxylic acids is 1. The van der Waals surface area contributed by atoms with Gasteiger partial charge in [0.25, 0.3) is 11.6 Å². The number of hydrogen-bond donors (Lipinski definition) is 1. The molecule has 158 valence electrons. The maximum absolute atomic E-state index is 12.5. The van der Waals surface area contributed by atoms with Gasteiger partial charge < -0.3 is 14.4 Å². The zero-order valence-corrected chi connectivity index (χ0v) is 17.0. The summed E-state index contributed by atoms with van der Waals surface area (Å²) < 4.78 is 10.3. The number of carbonyl (C=O) groups is 1. The Kier molecular flexibility index (Phi) is 6.84. The Balaban J connectivity index is 1.81. The maximum atomic E-state index is 12.5. The summed E-state index contributed by atoms with van der Waals surface area (Å²) in [5.41, 5.74) is 4.19. The largest absolute Gasteiger partial charge is 0.497 e. The number of nitrogens with one attached hydrogen (secondary N) is 1. The van der Waals surface area contributed by atoms with Crippen LogP contribution >= 0.6 is 0 Å². The smallest absolute Gasteiger partial charge is 0.271 e. The number of nitro benzene ring substituents is 1. The van der Waals surface area contributed by atoms with Crippen LogP contribution in [0.5, 0.6) is 11.5 Å². The second-order valence-corrected chi connectivity index (χ2v) is 6.85. The van der Waals surface area contributed by atoms with E-state index in [1.807, 2.05) is 0 Å². The fraction of sp³-hybridized carbons (Fsp3) is 0.333. The molecule has 1 fully saturated rings. The molecule has 3 rings (SSSR count). The molecule has 0 radical (unpaired) electrons. The predicted octanol–water partition coefficient (Wildman–Crippen LogP) is 3.37. The Hall–Kier alpha value is -3.62. The number of nitrogens with zero attached hydrogens (tertiary/aromatic N) is 3. The number of piperidine rings is 1. The van der Waals surface area contributed by atoms with Crippen molar-refractivity contribution in [1.82, 2.24) is 5.43 Å². The third-order valence-corrected chi connectivity index (χ3v) is 4.90. The highest BCUT2D eigenvalue weighted by Crippen LogP contribution is 2.27. The Bertz CT molecular complexity index is 932. The van der Waals surface area contributed by atoms with Crippen molar-refractivity contribution in [3.05, 3.63) is 57.6 Å². The van der Waals surface area contributed by atoms with E-state index in [0.717, 1.165) is 31.6 Å². The zero-order valence-electron chi connectivity index (χ0n) is 17.0. The molecule has 1 aliphatic rings. The van der Waals surface area contributed by atoms with Gasteiger partial charge in [-0.05, 0) is 37.5 Å². The van der Waals surface area contributed by atoms with Gasteiger partial charge in [0.15, 0.2) is 0 Å². The molecule has 9 nitrogen and oxygen atoms in total. The first-order valence-electron chi connectivity index (χ1n) is 9.61. The third kappa shape index (κ3) is 5.05. The first-order valence-corrected chi connectivity index (χ1v) is 9.61. The van der Waals surface area contributed by atoms with Gasteiger partial charge in [-0.1, -0.05) is 0 Å². The van der Waals surface area contributed by atoms with Crippen molar-refractivity contribution in [2.24, 2.45) is 5.10 Å². The lowest BCUT2D eigenvalue weighted by molar-refractivity contribution is -0.384. The average Bonchev–Trinajstić information content (AvgIpc) is 2.79. The summed E-state index contributed by atoms with van der Waals surface area (Å²) in [5, 5.41) is 15.2. The lowest BCUT2D eigenvalue weighted by Crippen LogP contribution is -2.30. The highest BCUT2D eigenvalue weighted by atomic mass is 16.6. The number of ether oxygens (including phenoxy) is 2. The minimum absolute atomic E-state index is 0.0268. The van der Waals surface area contributed by atoms with Gasteiger partial charge in [-0.25, -0.2) is 5.43 Å². The van der Waals surface area contributed by atoms with E-state index >= 15 is 0 Å². The first kappa shape index (κ1) is 21.1. The number of benzene rings is 2. The molecule has 1 heterocycles. The third-order valence-electron chi connectivity index (χ3n) is 4.90. The quantitative estimate of drug-likeness (QED) is 0.425. The van der Waals surface area contributed by atoms with Crippen LogP contribution < -0.4 is 19.8 Å². The summed E-state index contributed by atoms with van der Waals surface area (Å²) in [5.74, 6) is 0.512. The van der Waals surface area contributed by atoms with Crippen molar-refractivity contribution in [3.8, 4) is 11.5 Å². The van der Waals surface area contributed by atoms with Gasteiger partial charge in [-0.3, -0.25) is 14.9 Å². The summed E-state index contributed by atoms with van der Waals surface area (Å²) in [6, 6.07) is 9.49. The van der Waals surface area contributed by atoms with Gasteiger partial charge in [0.1, 0.15) is 11.5 Å². The van der Waals surface area contributed by atoms with E-state index < -0.39 is 10.8 Å². The number of amides is 1. The molecular formula is C21H24N4O5. The molecule has 0 unspecified atom stereocenters. The van der Waals surface area contributed by atoms with Crippen LogP contribution in [0, 0.1) is 10.1 Å². The van der Waals surface area contributed by atoms with Crippen LogP contribution in [0.4, 0.5) is 11.4 Å². The normalized spacial score (nSPS) is 13.9. The summed E-state index contributed by atoms with van der Waals surface area (Å²) in [6.45, 7) is 1.77. The summed E-state index contributed by atoms with van der Waals surface area (Å²) in [4.78, 5) is 25.4. The van der Waals surface area contributed by atoms with E-state index in [2.05, 4.69) is 15.4 Å². The van der Waals surface area contributed by atoms with Crippen molar-refractivity contribution in [2.45, 2.75) is 19.3 Å². The molecule has 2 aromatic carbocycles. The first-order chi connectivity index (χ1) is 14.5. The molecule has 30 heavy (non-hydrogen) atoms. The van der Waals surface area contributed by atoms with Crippen molar-refractivity contribution >= 4 is 23.5 Å². The Labute approximate surface area is 174 Å². The van der Waals surface area contributed by atoms with Gasteiger partial charge >= 0.3 is 0 Å². The SMILES string of the molecule is COc1cc(OC)cc(C(=O)NN=Cc2cc([N+](=O)[O-])ccc2N2CCCCC2)c1. The van der Waals surface area contributed by atoms with E-state index in [0.29, 0.717) is 22.6 Å². The summed E-state index contributed by atoms with van der Waals surface area (Å²) in [7, 11) is 3.00. The molecule has 0 atom stereocenters. The Morgan fingerprint density at radius 2 is 1.77 bits per heavy atom. The van der Waals surface area contributed by atoms with E-state index in [4.69, 9.17) is 9.47 Å². The number of nitro groups is 1. The lowest BCUT2D eigenvalue weighted by atomic mass is 10.1. The minimum Gasteiger partial charge on any atom is -0.497 e. The number of anilines is 1. The molecule has 0 bridgehead atoms. The van der Waals surface area contributed by atoms with Gasteiger partial charge in [-0.2, -0.15) is 5.10 Å². The predicted molar refractivity (Wildman–Crippen MR) is 114 cm³/mol. The van der Waals surface area contributed by atoms with E-state index in [-0.39, 0.29) is 5.69 Å². The van der Waals surface area contributed by atoms with Crippen molar-refractivity contribution < 1.29 is 19.2 Å². The van der Waals surface area contributed by atoms with Crippen LogP contribution in [0.3, 0.4) is 0 Å². The molecule has 0 spiro atoms. The van der Waals surface area contributed by atoms with Crippen molar-refractivity contribution in [3.63, 3.8) is 0 Å². The van der Waals surface area contributed by atoms with Crippen LogP contribution in [0.1, 0.15) is 35.2 Å². The number of hydrazone groups is 1. The van der Waals surface area contributed by atoms with Gasteiger partial charge in [0.2, 0.25) is 0 Å². The highest BCUT2D eigenvalue weighted by molar-refractivity contribution is 5.96. The summed E-state index contributed by atoms with van der Waals surface area (Å²) >= 11 is 0. The molecule has 0 aromatic heterocycles. The topological polar surface area (TPSA) is 106 Å². The van der Waals surface area contributed by atoms with Crippen LogP contribution in [0.2, 0.25) is 0 Å². The molecule has 9 heteroatoms. The lowest BCUT2D eigenvalue weighted by Gasteiger charge is -2.29. The molecule has 2 aromatic rings. The number of rotatable bonds is 7. The monoisotopic (exact) mass is 412 g/mol. The van der Waals surface area contributed by atoms with Crippen molar-refractivity contribution in [2.75, 3.05) is 32.2 Å². The zero-order chi connectivity index (χ0) is 21.5. The fourth-order valence-electron chi connectivity index (χ4n) is 3.35. The number of methoxy groups -OCH3 is 2. The van der Waals surface area contributed by atoms with Crippen molar-refractivity contribution in [1.29, 1.82) is 0 Å². The second-order valence-electron chi connectivity index (χ2n) is 6.85. The second kappa shape index (κ2) is 9.73. The molecule has 1 amide bonds. The molecular weight excluding hydrogens is 388 g/mol. The Morgan fingerprint density at radius 1 is 1.10 bits per heavy atom. The van der Waals surface area contributed by atoms with Gasteiger partial charge in [0.05, 0.1) is 25.4 Å². The Morgan fingerprint density at radius 3 is 2.37 bits per heavy atom. The minimum atomic E-state index is -0.451. The molecule has 1 aliphatic heterocycles. The highest BCUT2D eigenvalue weighted by Gasteiger charge is 2.17. The molecule has 1 saturated heterocycles. The fourth-order valence-corrected chi connectivity index (χ4v) is 3.35. The van der Waals surface area contributed by atoms with E-state index in [1.165, 1.54) is 39.0 Å². The van der Waals surface area contributed by atoms with Crippen LogP contribution in [0.15, 0.2) is 41.5 Å². The standard InChI is InChI=1S/C21H24N4O5/c1-29-18-11-15(12-19(13-18)30-2)21(26)23-22-14-16-10-17(25(27)28)6-7-20(16)24-8-4-3-5-9-24/h6-7,10-14H,3-5,8-9H2,1-2H3,(H,23,26). The summed E-state index contributed by atoms with van der Waals surface area (Å²) in [6.07, 6.45) is 4.75. The number of hydrogen-bond acceptors (Lipinski definition) is 7. The van der Waals surface area contributed by atoms with Crippen LogP contribution in [-0.4, -0.2) is 44.4 Å². The van der Waals surface area contributed by atoms with Crippen LogP contribution in [-0.2, 0) is 0 Å². The van der Waals surface area contributed by atoms with Gasteiger partial charge in [-0.15, -0.1) is 0 Å². The molecule has 0 aliphatic carbocycles. The maximum Gasteiger partial charge on any atom is 0.271 e. The van der Waals surface area contributed by atoms with E-state index in [9.17, 15) is 14.9 Å². The molecule has 0 saturated carbocycles. The van der Waals surface area contributed by atoms with Crippen LogP contribution in [0.25, 0.3) is 0 Å². The van der Waals surface area contributed by atoms with Gasteiger partial charge in [0, 0.05) is 48.1 Å². The average molecular weight is 412 g/mol. The number of non-ortho nitro benzene ring substituents is 1. The molecule has 1 N–H and O–H groups in total.